The number of hydrogen-bond acceptors (Lipinski definition) is 3. The molecule has 1 heterocycles. The zero-order valence-corrected chi connectivity index (χ0v) is 15.3. The number of aromatic nitrogens is 2. The Hall–Kier alpha value is -1.38. The number of fused-ring (bicyclic) bond motifs is 1. The highest BCUT2D eigenvalue weighted by Gasteiger charge is 2.32. The number of hydrogen-bond donors (Lipinski definition) is 1. The lowest BCUT2D eigenvalue weighted by molar-refractivity contribution is -0.137. The molecule has 1 N–H and O–H groups in total. The van der Waals surface area contributed by atoms with Crippen LogP contribution in [-0.4, -0.2) is 29.6 Å². The monoisotopic (exact) mass is 360 g/mol. The molecule has 1 atom stereocenters. The van der Waals surface area contributed by atoms with E-state index in [0.29, 0.717) is 17.5 Å². The number of halogens is 3. The summed E-state index contributed by atoms with van der Waals surface area (Å²) in [5.41, 5.74) is -0.252. The summed E-state index contributed by atoms with van der Waals surface area (Å²) >= 11 is 0. The first kappa shape index (κ1) is 18.9. The first-order chi connectivity index (χ1) is 11.0. The molecular weight excluding hydrogens is 337 g/mol. The molecule has 0 aliphatic rings. The van der Waals surface area contributed by atoms with Crippen molar-refractivity contribution in [2.75, 3.05) is 6.61 Å². The Balaban J connectivity index is 2.24. The molecular formula is C16H23F3N2O2Si-. The van der Waals surface area contributed by atoms with Crippen LogP contribution in [0.3, 0.4) is 0 Å². The van der Waals surface area contributed by atoms with E-state index in [1.54, 1.807) is 0 Å². The van der Waals surface area contributed by atoms with Gasteiger partial charge >= 0.3 is 6.18 Å². The van der Waals surface area contributed by atoms with Crippen LogP contribution < -0.4 is 0 Å². The van der Waals surface area contributed by atoms with Gasteiger partial charge in [0.05, 0.1) is 17.2 Å². The van der Waals surface area contributed by atoms with Gasteiger partial charge in [-0.25, -0.2) is 4.68 Å². The minimum atomic E-state index is -4.46. The van der Waals surface area contributed by atoms with Gasteiger partial charge in [-0.3, -0.25) is 0 Å². The molecule has 0 radical (unpaired) electrons. The molecule has 135 valence electrons. The molecule has 0 fully saturated rings. The third-order valence-corrected chi connectivity index (χ3v) is 5.39. The Kier molecular flexibility index (Phi) is 5.41. The van der Waals surface area contributed by atoms with Gasteiger partial charge in [-0.1, -0.05) is 0 Å². The van der Waals surface area contributed by atoms with E-state index >= 15 is 0 Å². The Bertz CT molecular complexity index is 706. The summed E-state index contributed by atoms with van der Waals surface area (Å²) in [6, 6.07) is 3.01. The summed E-state index contributed by atoms with van der Waals surface area (Å²) < 4.78 is 46.0. The number of aliphatic hydroxyl groups is 1. The number of rotatable bonds is 6. The van der Waals surface area contributed by atoms with E-state index in [-0.39, 0.29) is 12.3 Å². The lowest BCUT2D eigenvalue weighted by Gasteiger charge is -2.26. The van der Waals surface area contributed by atoms with Crippen molar-refractivity contribution in [3.05, 3.63) is 29.5 Å². The zero-order chi connectivity index (χ0) is 18.1. The molecule has 1 unspecified atom stereocenters. The van der Waals surface area contributed by atoms with Crippen LogP contribution >= 0.6 is 0 Å². The predicted molar refractivity (Wildman–Crippen MR) is 89.5 cm³/mol. The second-order valence-electron chi connectivity index (χ2n) is 7.19. The molecule has 2 aromatic rings. The van der Waals surface area contributed by atoms with E-state index in [4.69, 9.17) is 4.74 Å². The molecule has 0 amide bonds. The summed E-state index contributed by atoms with van der Waals surface area (Å²) in [4.78, 5) is 0. The first-order valence-corrected chi connectivity index (χ1v) is 11.5. The summed E-state index contributed by atoms with van der Waals surface area (Å²) in [5, 5.41) is 14.4. The summed E-state index contributed by atoms with van der Waals surface area (Å²) in [5.74, 6) is 0. The van der Waals surface area contributed by atoms with Gasteiger partial charge in [0, 0.05) is 23.8 Å². The highest BCUT2D eigenvalue weighted by Crippen LogP contribution is 2.34. The van der Waals surface area contributed by atoms with Crippen LogP contribution in [0.5, 0.6) is 0 Å². The van der Waals surface area contributed by atoms with Crippen molar-refractivity contribution in [2.24, 2.45) is 0 Å². The van der Waals surface area contributed by atoms with Crippen molar-refractivity contribution >= 4 is 19.0 Å². The molecule has 0 saturated heterocycles. The molecule has 4 nitrogen and oxygen atoms in total. The fraction of sp³-hybridized carbons (Fsp3) is 0.562. The van der Waals surface area contributed by atoms with Crippen molar-refractivity contribution in [2.45, 2.75) is 51.6 Å². The SMILES string of the molecule is CC(O)c1cc(C(F)(F)F)cc2cn(COCC[Si-](C)(C)C)nc12. The van der Waals surface area contributed by atoms with Crippen LogP contribution in [0.1, 0.15) is 24.2 Å². The van der Waals surface area contributed by atoms with Crippen LogP contribution in [0.15, 0.2) is 18.3 Å². The normalized spacial score (nSPS) is 14.3. The van der Waals surface area contributed by atoms with Gasteiger partial charge < -0.3 is 9.84 Å². The number of benzene rings is 1. The topological polar surface area (TPSA) is 47.3 Å². The van der Waals surface area contributed by atoms with Gasteiger partial charge in [-0.05, 0) is 19.1 Å². The molecule has 1 aromatic carbocycles. The van der Waals surface area contributed by atoms with Gasteiger partial charge in [0.2, 0.25) is 0 Å². The number of nitrogens with zero attached hydrogens (tertiary/aromatic N) is 2. The van der Waals surface area contributed by atoms with Crippen molar-refractivity contribution in [1.29, 1.82) is 0 Å². The van der Waals surface area contributed by atoms with Crippen molar-refractivity contribution < 1.29 is 23.0 Å². The zero-order valence-electron chi connectivity index (χ0n) is 14.3. The molecule has 0 aliphatic heterocycles. The summed E-state index contributed by atoms with van der Waals surface area (Å²) in [6.45, 7) is 8.94. The average molecular weight is 360 g/mol. The second-order valence-corrected chi connectivity index (χ2v) is 12.8. The van der Waals surface area contributed by atoms with Crippen molar-refractivity contribution in [3.63, 3.8) is 0 Å². The Morgan fingerprint density at radius 1 is 1.29 bits per heavy atom. The lowest BCUT2D eigenvalue weighted by atomic mass is 10.0. The van der Waals surface area contributed by atoms with E-state index in [1.165, 1.54) is 17.8 Å². The van der Waals surface area contributed by atoms with Crippen LogP contribution in [0.25, 0.3) is 10.9 Å². The standard InChI is InChI=1S/C16H23F3N2O2Si/c1-11(22)14-8-13(16(17,18)19)7-12-9-21(20-15(12)14)10-23-5-6-24(2,3)4/h7-9,11,22H,5-6,10H2,1-4H3/q-1. The van der Waals surface area contributed by atoms with E-state index in [9.17, 15) is 18.3 Å². The molecule has 24 heavy (non-hydrogen) atoms. The summed E-state index contributed by atoms with van der Waals surface area (Å²) in [7, 11) is -1.19. The first-order valence-electron chi connectivity index (χ1n) is 7.81. The number of alkyl halides is 3. The van der Waals surface area contributed by atoms with Gasteiger partial charge in [0.15, 0.2) is 0 Å². The van der Waals surface area contributed by atoms with Crippen LogP contribution in [0.4, 0.5) is 13.2 Å². The minimum Gasteiger partial charge on any atom is -0.389 e. The fourth-order valence-corrected chi connectivity index (χ4v) is 3.05. The van der Waals surface area contributed by atoms with Crippen LogP contribution in [0.2, 0.25) is 25.7 Å². The molecule has 0 saturated carbocycles. The predicted octanol–water partition coefficient (Wildman–Crippen LogP) is 4.42. The Labute approximate surface area is 140 Å². The quantitative estimate of drug-likeness (QED) is 0.613. The van der Waals surface area contributed by atoms with E-state index in [0.717, 1.165) is 18.2 Å². The molecule has 1 aromatic heterocycles. The van der Waals surface area contributed by atoms with Crippen molar-refractivity contribution in [1.82, 2.24) is 9.78 Å². The molecule has 8 heteroatoms. The van der Waals surface area contributed by atoms with Gasteiger partial charge in [0.25, 0.3) is 0 Å². The minimum absolute atomic E-state index is 0.167. The van der Waals surface area contributed by atoms with E-state index in [2.05, 4.69) is 24.7 Å². The fourth-order valence-electron chi connectivity index (χ4n) is 2.30. The van der Waals surface area contributed by atoms with Gasteiger partial charge in [-0.15, -0.1) is 14.1 Å². The van der Waals surface area contributed by atoms with Crippen LogP contribution in [-0.2, 0) is 17.6 Å². The molecule has 2 rings (SSSR count). The third-order valence-electron chi connectivity index (χ3n) is 3.68. The molecule has 0 aliphatic carbocycles. The van der Waals surface area contributed by atoms with Gasteiger partial charge in [0.1, 0.15) is 6.73 Å². The maximum atomic E-state index is 13.0. The van der Waals surface area contributed by atoms with Crippen molar-refractivity contribution in [3.8, 4) is 0 Å². The lowest BCUT2D eigenvalue weighted by Crippen LogP contribution is -2.22. The van der Waals surface area contributed by atoms with E-state index < -0.39 is 25.9 Å². The smallest absolute Gasteiger partial charge is 0.389 e. The van der Waals surface area contributed by atoms with E-state index in [1.807, 2.05) is 0 Å². The molecule has 0 spiro atoms. The molecule has 0 bridgehead atoms. The maximum absolute atomic E-state index is 13.0. The third kappa shape index (κ3) is 4.81. The maximum Gasteiger partial charge on any atom is 0.416 e. The van der Waals surface area contributed by atoms with Gasteiger partial charge in [-0.2, -0.15) is 37.9 Å². The number of ether oxygens (including phenoxy) is 1. The largest absolute Gasteiger partial charge is 0.416 e. The number of aliphatic hydroxyl groups excluding tert-OH is 1. The Morgan fingerprint density at radius 2 is 1.96 bits per heavy atom. The highest BCUT2D eigenvalue weighted by molar-refractivity contribution is 6.76. The van der Waals surface area contributed by atoms with Crippen LogP contribution in [0, 0.1) is 0 Å². The highest BCUT2D eigenvalue weighted by atomic mass is 28.3. The summed E-state index contributed by atoms with van der Waals surface area (Å²) in [6.07, 6.45) is -3.98. The second kappa shape index (κ2) is 6.85. The average Bonchev–Trinajstić information content (AvgIpc) is 2.82. The Morgan fingerprint density at radius 3 is 2.50 bits per heavy atom.